The first-order chi connectivity index (χ1) is 9.81. The van der Waals surface area contributed by atoms with Gasteiger partial charge in [0.1, 0.15) is 0 Å². The molecule has 20 heavy (non-hydrogen) atoms. The van der Waals surface area contributed by atoms with E-state index in [1.807, 2.05) is 18.2 Å². The molecule has 3 nitrogen and oxygen atoms in total. The number of rotatable bonds is 2. The molecule has 100 valence electrons. The summed E-state index contributed by atoms with van der Waals surface area (Å²) in [4.78, 5) is 2.27. The number of nitriles is 1. The Morgan fingerprint density at radius 2 is 2.00 bits per heavy atom. The van der Waals surface area contributed by atoms with Crippen molar-refractivity contribution < 1.29 is 0 Å². The SMILES string of the molecule is CCc1ccc(N2CCNc3ccc(C#N)cc32)cc1. The highest BCUT2D eigenvalue weighted by Gasteiger charge is 2.18. The molecule has 2 aromatic carbocycles. The van der Waals surface area contributed by atoms with Gasteiger partial charge in [-0.05, 0) is 42.3 Å². The molecule has 0 aromatic heterocycles. The van der Waals surface area contributed by atoms with Crippen molar-refractivity contribution in [1.29, 1.82) is 5.26 Å². The first kappa shape index (κ1) is 12.6. The van der Waals surface area contributed by atoms with Crippen LogP contribution in [0.5, 0.6) is 0 Å². The Morgan fingerprint density at radius 3 is 2.70 bits per heavy atom. The van der Waals surface area contributed by atoms with E-state index in [-0.39, 0.29) is 0 Å². The topological polar surface area (TPSA) is 39.1 Å². The number of benzene rings is 2. The molecule has 1 aliphatic heterocycles. The first-order valence-electron chi connectivity index (χ1n) is 6.96. The predicted molar refractivity (Wildman–Crippen MR) is 82.5 cm³/mol. The van der Waals surface area contributed by atoms with Gasteiger partial charge in [0.2, 0.25) is 0 Å². The van der Waals surface area contributed by atoms with Crippen molar-refractivity contribution >= 4 is 17.1 Å². The molecule has 2 aromatic rings. The minimum atomic E-state index is 0.697. The van der Waals surface area contributed by atoms with Gasteiger partial charge in [-0.1, -0.05) is 19.1 Å². The molecule has 1 N–H and O–H groups in total. The second-order valence-corrected chi connectivity index (χ2v) is 4.94. The van der Waals surface area contributed by atoms with Crippen LogP contribution in [0.1, 0.15) is 18.1 Å². The van der Waals surface area contributed by atoms with Crippen LogP contribution in [0.4, 0.5) is 17.1 Å². The van der Waals surface area contributed by atoms with Crippen molar-refractivity contribution in [3.05, 3.63) is 53.6 Å². The summed E-state index contributed by atoms with van der Waals surface area (Å²) in [5.74, 6) is 0. The molecule has 3 heteroatoms. The number of nitrogens with zero attached hydrogens (tertiary/aromatic N) is 2. The van der Waals surface area contributed by atoms with E-state index in [1.165, 1.54) is 11.3 Å². The zero-order valence-corrected chi connectivity index (χ0v) is 11.6. The Balaban J connectivity index is 2.01. The second-order valence-electron chi connectivity index (χ2n) is 4.94. The Kier molecular flexibility index (Phi) is 3.30. The maximum atomic E-state index is 9.08. The molecule has 0 atom stereocenters. The lowest BCUT2D eigenvalue weighted by atomic mass is 10.1. The van der Waals surface area contributed by atoms with E-state index in [0.717, 1.165) is 30.9 Å². The summed E-state index contributed by atoms with van der Waals surface area (Å²) < 4.78 is 0. The van der Waals surface area contributed by atoms with Crippen molar-refractivity contribution in [3.8, 4) is 6.07 Å². The van der Waals surface area contributed by atoms with Crippen molar-refractivity contribution in [2.24, 2.45) is 0 Å². The highest BCUT2D eigenvalue weighted by atomic mass is 15.2. The monoisotopic (exact) mass is 263 g/mol. The fraction of sp³-hybridized carbons (Fsp3) is 0.235. The molecule has 1 heterocycles. The van der Waals surface area contributed by atoms with Gasteiger partial charge in [-0.2, -0.15) is 5.26 Å². The molecule has 0 unspecified atom stereocenters. The molecule has 1 aliphatic rings. The third kappa shape index (κ3) is 2.21. The number of anilines is 3. The molecule has 0 spiro atoms. The summed E-state index contributed by atoms with van der Waals surface area (Å²) in [5, 5.41) is 12.5. The molecule has 0 amide bonds. The summed E-state index contributed by atoms with van der Waals surface area (Å²) in [6, 6.07) is 16.7. The van der Waals surface area contributed by atoms with Crippen LogP contribution in [0.2, 0.25) is 0 Å². The summed E-state index contributed by atoms with van der Waals surface area (Å²) in [5.41, 5.74) is 5.40. The van der Waals surface area contributed by atoms with Gasteiger partial charge in [0.25, 0.3) is 0 Å². The summed E-state index contributed by atoms with van der Waals surface area (Å²) in [7, 11) is 0. The average Bonchev–Trinajstić information content (AvgIpc) is 2.54. The molecule has 0 bridgehead atoms. The minimum Gasteiger partial charge on any atom is -0.382 e. The Labute approximate surface area is 119 Å². The van der Waals surface area contributed by atoms with Crippen molar-refractivity contribution in [1.82, 2.24) is 0 Å². The molecular formula is C17H17N3. The number of hydrogen-bond acceptors (Lipinski definition) is 3. The lowest BCUT2D eigenvalue weighted by Crippen LogP contribution is -2.30. The Bertz CT molecular complexity index is 653. The molecular weight excluding hydrogens is 246 g/mol. The number of hydrogen-bond donors (Lipinski definition) is 1. The van der Waals surface area contributed by atoms with Crippen LogP contribution in [0, 0.1) is 11.3 Å². The molecule has 3 rings (SSSR count). The van der Waals surface area contributed by atoms with E-state index in [4.69, 9.17) is 5.26 Å². The Morgan fingerprint density at radius 1 is 1.20 bits per heavy atom. The lowest BCUT2D eigenvalue weighted by Gasteiger charge is -2.32. The summed E-state index contributed by atoms with van der Waals surface area (Å²) >= 11 is 0. The smallest absolute Gasteiger partial charge is 0.0992 e. The van der Waals surface area contributed by atoms with Crippen LogP contribution < -0.4 is 10.2 Å². The largest absolute Gasteiger partial charge is 0.382 e. The minimum absolute atomic E-state index is 0.697. The molecule has 0 saturated heterocycles. The zero-order valence-electron chi connectivity index (χ0n) is 11.6. The molecule has 0 saturated carbocycles. The standard InChI is InChI=1S/C17H17N3/c1-2-13-3-6-15(7-4-13)20-10-9-19-16-8-5-14(12-18)11-17(16)20/h3-8,11,19H,2,9-10H2,1H3. The predicted octanol–water partition coefficient (Wildman–Crippen LogP) is 3.68. The van der Waals surface area contributed by atoms with Gasteiger partial charge >= 0.3 is 0 Å². The van der Waals surface area contributed by atoms with Crippen LogP contribution in [-0.2, 0) is 6.42 Å². The highest BCUT2D eigenvalue weighted by molar-refractivity contribution is 5.79. The summed E-state index contributed by atoms with van der Waals surface area (Å²) in [6.45, 7) is 3.98. The fourth-order valence-electron chi connectivity index (χ4n) is 2.58. The quantitative estimate of drug-likeness (QED) is 0.898. The fourth-order valence-corrected chi connectivity index (χ4v) is 2.58. The van der Waals surface area contributed by atoms with E-state index < -0.39 is 0 Å². The Hall–Kier alpha value is -2.47. The van der Waals surface area contributed by atoms with E-state index in [0.29, 0.717) is 5.56 Å². The van der Waals surface area contributed by atoms with E-state index >= 15 is 0 Å². The number of nitrogens with one attached hydrogen (secondary N) is 1. The molecule has 0 fully saturated rings. The second kappa shape index (κ2) is 5.26. The average molecular weight is 263 g/mol. The van der Waals surface area contributed by atoms with Crippen LogP contribution >= 0.6 is 0 Å². The lowest BCUT2D eigenvalue weighted by molar-refractivity contribution is 0.925. The van der Waals surface area contributed by atoms with E-state index in [9.17, 15) is 0 Å². The van der Waals surface area contributed by atoms with Gasteiger partial charge in [0.05, 0.1) is 23.0 Å². The maximum absolute atomic E-state index is 9.08. The third-order valence-corrected chi connectivity index (χ3v) is 3.72. The number of fused-ring (bicyclic) bond motifs is 1. The zero-order chi connectivity index (χ0) is 13.9. The van der Waals surface area contributed by atoms with Crippen molar-refractivity contribution in [2.45, 2.75) is 13.3 Å². The van der Waals surface area contributed by atoms with Gasteiger partial charge in [0.15, 0.2) is 0 Å². The third-order valence-electron chi connectivity index (χ3n) is 3.72. The van der Waals surface area contributed by atoms with Gasteiger partial charge in [0, 0.05) is 18.8 Å². The number of aryl methyl sites for hydroxylation is 1. The van der Waals surface area contributed by atoms with Gasteiger partial charge in [-0.15, -0.1) is 0 Å². The maximum Gasteiger partial charge on any atom is 0.0992 e. The van der Waals surface area contributed by atoms with Crippen LogP contribution in [0.15, 0.2) is 42.5 Å². The highest BCUT2D eigenvalue weighted by Crippen LogP contribution is 2.35. The molecule has 0 aliphatic carbocycles. The summed E-state index contributed by atoms with van der Waals surface area (Å²) in [6.07, 6.45) is 1.05. The van der Waals surface area contributed by atoms with Crippen molar-refractivity contribution in [3.63, 3.8) is 0 Å². The normalized spacial score (nSPS) is 13.3. The van der Waals surface area contributed by atoms with Crippen molar-refractivity contribution in [2.75, 3.05) is 23.3 Å². The first-order valence-corrected chi connectivity index (χ1v) is 6.96. The van der Waals surface area contributed by atoms with Gasteiger partial charge in [-0.25, -0.2) is 0 Å². The van der Waals surface area contributed by atoms with Crippen LogP contribution in [0.3, 0.4) is 0 Å². The van der Waals surface area contributed by atoms with Crippen LogP contribution in [-0.4, -0.2) is 13.1 Å². The molecule has 0 radical (unpaired) electrons. The van der Waals surface area contributed by atoms with Crippen LogP contribution in [0.25, 0.3) is 0 Å². The van der Waals surface area contributed by atoms with Gasteiger partial charge < -0.3 is 10.2 Å². The van der Waals surface area contributed by atoms with E-state index in [2.05, 4.69) is 47.5 Å². The van der Waals surface area contributed by atoms with Gasteiger partial charge in [-0.3, -0.25) is 0 Å². The van der Waals surface area contributed by atoms with E-state index in [1.54, 1.807) is 0 Å².